The van der Waals surface area contributed by atoms with Crippen molar-refractivity contribution in [1.82, 2.24) is 23.9 Å². The van der Waals surface area contributed by atoms with Crippen molar-refractivity contribution in [3.63, 3.8) is 0 Å². The second kappa shape index (κ2) is 6.07. The highest BCUT2D eigenvalue weighted by atomic mass is 32.2. The molecule has 3 rings (SSSR count). The Kier molecular flexibility index (Phi) is 4.24. The standard InChI is InChI=1S/C13H14FN5O3S2/c1-24(21,22)15-5-2-6-18-11(20)9-7-8(14)3-4-10(9)19-12(18)16-17-13(19)23/h3-4,7,15H,2,5-6H2,1H3,(H,17,23). The molecule has 8 nitrogen and oxygen atoms in total. The maximum absolute atomic E-state index is 13.5. The van der Waals surface area contributed by atoms with Crippen molar-refractivity contribution in [1.29, 1.82) is 0 Å². The summed E-state index contributed by atoms with van der Waals surface area (Å²) in [5, 5.41) is 6.85. The molecule has 1 aromatic carbocycles. The molecule has 0 radical (unpaired) electrons. The summed E-state index contributed by atoms with van der Waals surface area (Å²) >= 11 is 5.18. The maximum atomic E-state index is 13.5. The van der Waals surface area contributed by atoms with Gasteiger partial charge in [0, 0.05) is 13.1 Å². The fourth-order valence-electron chi connectivity index (χ4n) is 2.49. The van der Waals surface area contributed by atoms with Crippen molar-refractivity contribution in [3.05, 3.63) is 39.1 Å². The first-order chi connectivity index (χ1) is 11.3. The fraction of sp³-hybridized carbons (Fsp3) is 0.308. The van der Waals surface area contributed by atoms with Gasteiger partial charge in [0.05, 0.1) is 17.2 Å². The van der Waals surface area contributed by atoms with E-state index in [-0.39, 0.29) is 23.2 Å². The molecule has 11 heteroatoms. The monoisotopic (exact) mass is 371 g/mol. The van der Waals surface area contributed by atoms with Gasteiger partial charge in [-0.05, 0) is 36.8 Å². The first-order valence-corrected chi connectivity index (χ1v) is 9.32. The summed E-state index contributed by atoms with van der Waals surface area (Å²) in [5.74, 6) is -0.234. The van der Waals surface area contributed by atoms with Gasteiger partial charge in [-0.3, -0.25) is 13.8 Å². The maximum Gasteiger partial charge on any atom is 0.262 e. The van der Waals surface area contributed by atoms with E-state index in [4.69, 9.17) is 12.2 Å². The van der Waals surface area contributed by atoms with Gasteiger partial charge in [0.15, 0.2) is 0 Å². The Morgan fingerprint density at radius 1 is 1.42 bits per heavy atom. The van der Waals surface area contributed by atoms with E-state index >= 15 is 0 Å². The highest BCUT2D eigenvalue weighted by molar-refractivity contribution is 7.88. The number of hydrogen-bond donors (Lipinski definition) is 2. The zero-order valence-electron chi connectivity index (χ0n) is 12.6. The molecule has 0 saturated carbocycles. The Bertz CT molecular complexity index is 1150. The highest BCUT2D eigenvalue weighted by Gasteiger charge is 2.14. The molecule has 2 aromatic heterocycles. The van der Waals surface area contributed by atoms with Crippen molar-refractivity contribution in [2.75, 3.05) is 12.8 Å². The molecule has 0 unspecified atom stereocenters. The third-order valence-corrected chi connectivity index (χ3v) is 4.50. The number of H-pyrrole nitrogens is 1. The van der Waals surface area contributed by atoms with Crippen molar-refractivity contribution >= 4 is 38.9 Å². The average molecular weight is 371 g/mol. The van der Waals surface area contributed by atoms with Crippen molar-refractivity contribution in [2.24, 2.45) is 0 Å². The lowest BCUT2D eigenvalue weighted by atomic mass is 10.2. The Labute approximate surface area is 141 Å². The predicted molar refractivity (Wildman–Crippen MR) is 89.6 cm³/mol. The van der Waals surface area contributed by atoms with Crippen LogP contribution < -0.4 is 10.3 Å². The zero-order valence-corrected chi connectivity index (χ0v) is 14.2. The van der Waals surface area contributed by atoms with Crippen LogP contribution in [-0.4, -0.2) is 40.4 Å². The molecule has 0 aliphatic rings. The van der Waals surface area contributed by atoms with Crippen LogP contribution >= 0.6 is 12.2 Å². The van der Waals surface area contributed by atoms with Gasteiger partial charge in [0.1, 0.15) is 5.82 Å². The van der Waals surface area contributed by atoms with Crippen LogP contribution in [-0.2, 0) is 16.6 Å². The Hall–Kier alpha value is -2.11. The number of benzene rings is 1. The minimum absolute atomic E-state index is 0.170. The topological polar surface area (TPSA) is 101 Å². The second-order valence-electron chi connectivity index (χ2n) is 5.30. The summed E-state index contributed by atoms with van der Waals surface area (Å²) in [7, 11) is -3.30. The van der Waals surface area contributed by atoms with Gasteiger partial charge in [-0.1, -0.05) is 0 Å². The summed E-state index contributed by atoms with van der Waals surface area (Å²) in [5.41, 5.74) is 0.0472. The molecule has 2 N–H and O–H groups in total. The molecule has 24 heavy (non-hydrogen) atoms. The molecule has 0 atom stereocenters. The number of nitrogens with one attached hydrogen (secondary N) is 2. The Balaban J connectivity index is 2.10. The predicted octanol–water partition coefficient (Wildman–Crippen LogP) is 0.785. The van der Waals surface area contributed by atoms with E-state index in [1.807, 2.05) is 0 Å². The van der Waals surface area contributed by atoms with Crippen LogP contribution in [0.1, 0.15) is 6.42 Å². The van der Waals surface area contributed by atoms with Gasteiger partial charge < -0.3 is 0 Å². The lowest BCUT2D eigenvalue weighted by Gasteiger charge is -2.10. The molecule has 0 bridgehead atoms. The van der Waals surface area contributed by atoms with Crippen LogP contribution in [0.2, 0.25) is 0 Å². The number of aryl methyl sites for hydroxylation is 1. The summed E-state index contributed by atoms with van der Waals surface area (Å²) in [6.07, 6.45) is 1.42. The van der Waals surface area contributed by atoms with Crippen molar-refractivity contribution in [3.8, 4) is 0 Å². The lowest BCUT2D eigenvalue weighted by molar-refractivity contribution is 0.573. The van der Waals surface area contributed by atoms with Crippen LogP contribution in [0.15, 0.2) is 23.0 Å². The van der Waals surface area contributed by atoms with Gasteiger partial charge >= 0.3 is 0 Å². The second-order valence-corrected chi connectivity index (χ2v) is 7.52. The first kappa shape index (κ1) is 16.7. The molecule has 128 valence electrons. The minimum Gasteiger partial charge on any atom is -0.276 e. The summed E-state index contributed by atoms with van der Waals surface area (Å²) in [6.45, 7) is 0.376. The highest BCUT2D eigenvalue weighted by Crippen LogP contribution is 2.14. The molecular formula is C13H14FN5O3S2. The molecule has 0 aliphatic carbocycles. The number of aromatic nitrogens is 4. The molecule has 2 heterocycles. The largest absolute Gasteiger partial charge is 0.276 e. The van der Waals surface area contributed by atoms with E-state index in [1.54, 1.807) is 4.40 Å². The van der Waals surface area contributed by atoms with Gasteiger partial charge in [-0.25, -0.2) is 22.6 Å². The Morgan fingerprint density at radius 2 is 2.17 bits per heavy atom. The van der Waals surface area contributed by atoms with Gasteiger partial charge in [-0.15, -0.1) is 5.10 Å². The quantitative estimate of drug-likeness (QED) is 0.510. The molecular weight excluding hydrogens is 357 g/mol. The van der Waals surface area contributed by atoms with E-state index < -0.39 is 21.4 Å². The third kappa shape index (κ3) is 3.09. The van der Waals surface area contributed by atoms with Gasteiger partial charge in [-0.2, -0.15) is 0 Å². The molecule has 3 aromatic rings. The van der Waals surface area contributed by atoms with E-state index in [9.17, 15) is 17.6 Å². The summed E-state index contributed by atoms with van der Waals surface area (Å²) < 4.78 is 41.2. The van der Waals surface area contributed by atoms with E-state index in [2.05, 4.69) is 14.9 Å². The summed E-state index contributed by atoms with van der Waals surface area (Å²) in [6, 6.07) is 3.87. The van der Waals surface area contributed by atoms with Crippen LogP contribution in [0.3, 0.4) is 0 Å². The summed E-state index contributed by atoms with van der Waals surface area (Å²) in [4.78, 5) is 12.7. The van der Waals surface area contributed by atoms with Crippen LogP contribution in [0.4, 0.5) is 4.39 Å². The SMILES string of the molecule is CS(=O)(=O)NCCCn1c(=O)c2cc(F)ccc2n2c(=S)[nH]nc12. The van der Waals surface area contributed by atoms with E-state index in [0.717, 1.165) is 12.3 Å². The molecule has 0 amide bonds. The van der Waals surface area contributed by atoms with Gasteiger partial charge in [0.25, 0.3) is 5.56 Å². The number of nitrogens with zero attached hydrogens (tertiary/aromatic N) is 3. The third-order valence-electron chi connectivity index (χ3n) is 3.49. The van der Waals surface area contributed by atoms with Crippen LogP contribution in [0.25, 0.3) is 16.7 Å². The lowest BCUT2D eigenvalue weighted by Crippen LogP contribution is -2.27. The fourth-order valence-corrected chi connectivity index (χ4v) is 3.23. The molecule has 0 fully saturated rings. The van der Waals surface area contributed by atoms with Crippen molar-refractivity contribution < 1.29 is 12.8 Å². The zero-order chi connectivity index (χ0) is 17.5. The smallest absolute Gasteiger partial charge is 0.262 e. The van der Waals surface area contributed by atoms with E-state index in [1.165, 1.54) is 16.7 Å². The van der Waals surface area contributed by atoms with Crippen LogP contribution in [0.5, 0.6) is 0 Å². The number of sulfonamides is 1. The van der Waals surface area contributed by atoms with Crippen LogP contribution in [0, 0.1) is 10.6 Å². The number of fused-ring (bicyclic) bond motifs is 3. The normalized spacial score (nSPS) is 12.2. The number of aromatic amines is 1. The molecule has 0 aliphatic heterocycles. The molecule has 0 saturated heterocycles. The van der Waals surface area contributed by atoms with E-state index in [0.29, 0.717) is 17.7 Å². The first-order valence-electron chi connectivity index (χ1n) is 7.02. The number of halogens is 1. The minimum atomic E-state index is -3.30. The Morgan fingerprint density at radius 3 is 2.88 bits per heavy atom. The molecule has 0 spiro atoms. The van der Waals surface area contributed by atoms with Crippen molar-refractivity contribution in [2.45, 2.75) is 13.0 Å². The average Bonchev–Trinajstić information content (AvgIpc) is 2.87. The number of hydrogen-bond acceptors (Lipinski definition) is 5. The van der Waals surface area contributed by atoms with Gasteiger partial charge in [0.2, 0.25) is 20.6 Å². The number of rotatable bonds is 5.